The lowest BCUT2D eigenvalue weighted by atomic mass is 10.1. The molecule has 6 aromatic carbocycles. The third-order valence-corrected chi connectivity index (χ3v) is 10.3. The summed E-state index contributed by atoms with van der Waals surface area (Å²) < 4.78 is 9.34. The minimum atomic E-state index is 0.880. The Morgan fingerprint density at radius 1 is 0.389 bits per heavy atom. The van der Waals surface area contributed by atoms with Crippen LogP contribution in [0.2, 0.25) is 0 Å². The van der Waals surface area contributed by atoms with E-state index < -0.39 is 0 Å². The smallest absolute Gasteiger partial charge is 0.139 e. The summed E-state index contributed by atoms with van der Waals surface area (Å²) in [5.74, 6) is 0.880. The second kappa shape index (κ2) is 13.6. The van der Waals surface area contributed by atoms with Gasteiger partial charge in [-0.25, -0.2) is 4.98 Å². The fraction of sp³-hybridized carbons (Fsp3) is 0.0816. The van der Waals surface area contributed by atoms with Crippen LogP contribution in [0.15, 0.2) is 176 Å². The average molecular weight is 700 g/mol. The number of hydrogen-bond donors (Lipinski definition) is 0. The zero-order valence-corrected chi connectivity index (χ0v) is 31.0. The summed E-state index contributed by atoms with van der Waals surface area (Å²) in [6, 6.07) is 56.4. The number of para-hydroxylation sites is 4. The van der Waals surface area contributed by atoms with Gasteiger partial charge in [0.15, 0.2) is 0 Å². The van der Waals surface area contributed by atoms with Gasteiger partial charge in [0.1, 0.15) is 5.82 Å². The van der Waals surface area contributed by atoms with Crippen LogP contribution in [0, 0.1) is 0 Å². The molecule has 0 spiro atoms. The number of benzene rings is 6. The van der Waals surface area contributed by atoms with Crippen LogP contribution in [0.3, 0.4) is 0 Å². The fourth-order valence-corrected chi connectivity index (χ4v) is 8.16. The van der Waals surface area contributed by atoms with Crippen molar-refractivity contribution in [1.29, 1.82) is 0 Å². The molecule has 54 heavy (non-hydrogen) atoms. The van der Waals surface area contributed by atoms with Crippen LogP contribution >= 0.6 is 0 Å². The van der Waals surface area contributed by atoms with Crippen molar-refractivity contribution in [3.63, 3.8) is 0 Å². The summed E-state index contributed by atoms with van der Waals surface area (Å²) >= 11 is 0. The first-order valence-corrected chi connectivity index (χ1v) is 19.0. The zero-order valence-electron chi connectivity index (χ0n) is 31.0. The molecule has 5 heterocycles. The molecule has 5 aromatic heterocycles. The highest BCUT2D eigenvalue weighted by atomic mass is 15.1. The maximum Gasteiger partial charge on any atom is 0.139 e. The van der Waals surface area contributed by atoms with Gasteiger partial charge >= 0.3 is 0 Å². The van der Waals surface area contributed by atoms with E-state index in [1.807, 2.05) is 33.9 Å². The summed E-state index contributed by atoms with van der Waals surface area (Å²) in [7, 11) is 0. The highest BCUT2D eigenvalue weighted by molar-refractivity contribution is 6.22. The first-order valence-electron chi connectivity index (χ1n) is 19.0. The molecule has 0 aliphatic rings. The second-order valence-corrected chi connectivity index (χ2v) is 12.9. The van der Waals surface area contributed by atoms with Gasteiger partial charge in [-0.2, -0.15) is 0 Å². The molecule has 5 heteroatoms. The Labute approximate surface area is 314 Å². The third kappa shape index (κ3) is 4.96. The maximum atomic E-state index is 5.03. The molecule has 0 radical (unpaired) electrons. The number of aromatic nitrogens is 5. The van der Waals surface area contributed by atoms with Gasteiger partial charge in [0.05, 0.1) is 38.8 Å². The molecule has 0 fully saturated rings. The standard InChI is InChI=1S/C45H29N5.2C2H6/c1-3-11-32(12-4-1)47-27-24-30-19-21-39-42(44(30)47)35-15-7-9-17-37(35)49(39)34-23-26-46-41(29-34)50-38-18-10-8-16-36(38)43-40(50)22-20-31-25-28-48(45(31)43)33-13-5-2-6-14-33;2*1-2/h1-29H;2*1-2H3. The van der Waals surface area contributed by atoms with Crippen LogP contribution in [0.5, 0.6) is 0 Å². The van der Waals surface area contributed by atoms with Gasteiger partial charge in [0.25, 0.3) is 0 Å². The molecule has 0 atom stereocenters. The van der Waals surface area contributed by atoms with E-state index in [4.69, 9.17) is 4.98 Å². The number of hydrogen-bond acceptors (Lipinski definition) is 1. The molecule has 0 saturated heterocycles. The topological polar surface area (TPSA) is 32.6 Å². The Hall–Kier alpha value is -6.85. The van der Waals surface area contributed by atoms with Crippen molar-refractivity contribution < 1.29 is 0 Å². The van der Waals surface area contributed by atoms with Gasteiger partial charge in [-0.15, -0.1) is 0 Å². The third-order valence-electron chi connectivity index (χ3n) is 10.3. The molecule has 0 amide bonds. The van der Waals surface area contributed by atoms with Gasteiger partial charge < -0.3 is 13.7 Å². The average Bonchev–Trinajstić information content (AvgIpc) is 4.03. The van der Waals surface area contributed by atoms with Gasteiger partial charge in [0.2, 0.25) is 0 Å². The largest absolute Gasteiger partial charge is 0.316 e. The highest BCUT2D eigenvalue weighted by Gasteiger charge is 2.21. The van der Waals surface area contributed by atoms with Crippen molar-refractivity contribution in [3.05, 3.63) is 176 Å². The van der Waals surface area contributed by atoms with E-state index in [1.165, 1.54) is 43.4 Å². The van der Waals surface area contributed by atoms with E-state index in [0.717, 1.165) is 44.9 Å². The number of nitrogens with zero attached hydrogens (tertiary/aromatic N) is 5. The van der Waals surface area contributed by atoms with Gasteiger partial charge in [0, 0.05) is 68.3 Å². The Bertz CT molecular complexity index is 2880. The van der Waals surface area contributed by atoms with Crippen LogP contribution in [0.4, 0.5) is 0 Å². The van der Waals surface area contributed by atoms with Crippen LogP contribution in [-0.2, 0) is 0 Å². The van der Waals surface area contributed by atoms with Gasteiger partial charge in [-0.05, 0) is 66.7 Å². The zero-order chi connectivity index (χ0) is 36.8. The first kappa shape index (κ1) is 33.0. The summed E-state index contributed by atoms with van der Waals surface area (Å²) in [6.45, 7) is 8.00. The minimum Gasteiger partial charge on any atom is -0.316 e. The molecule has 11 rings (SSSR count). The van der Waals surface area contributed by atoms with Crippen molar-refractivity contribution in [1.82, 2.24) is 23.3 Å². The summed E-state index contributed by atoms with van der Waals surface area (Å²) in [6.07, 6.45) is 6.31. The van der Waals surface area contributed by atoms with Crippen molar-refractivity contribution in [3.8, 4) is 22.9 Å². The SMILES string of the molecule is CC.CC.c1ccc(-n2ccc3ccc4c(c5ccccc5n4-c4ccnc(-n5c6ccccc6c6c7c(ccc65)ccn7-c5ccccc5)c4)c32)cc1. The molecule has 5 nitrogen and oxygen atoms in total. The first-order chi connectivity index (χ1) is 26.8. The lowest BCUT2D eigenvalue weighted by Crippen LogP contribution is -2.01. The Morgan fingerprint density at radius 2 is 0.852 bits per heavy atom. The van der Waals surface area contributed by atoms with E-state index in [1.54, 1.807) is 0 Å². The lowest BCUT2D eigenvalue weighted by Gasteiger charge is -2.12. The van der Waals surface area contributed by atoms with E-state index in [0.29, 0.717) is 0 Å². The summed E-state index contributed by atoms with van der Waals surface area (Å²) in [5.41, 5.74) is 10.4. The quantitative estimate of drug-likeness (QED) is 0.180. The van der Waals surface area contributed by atoms with Crippen molar-refractivity contribution in [2.75, 3.05) is 0 Å². The molecular weight excluding hydrogens is 659 g/mol. The Kier molecular flexibility index (Phi) is 8.32. The monoisotopic (exact) mass is 699 g/mol. The van der Waals surface area contributed by atoms with Crippen LogP contribution in [0.25, 0.3) is 88.3 Å². The molecule has 0 saturated carbocycles. The fourth-order valence-electron chi connectivity index (χ4n) is 8.16. The van der Waals surface area contributed by atoms with E-state index in [2.05, 4.69) is 188 Å². The van der Waals surface area contributed by atoms with Gasteiger partial charge in [-0.3, -0.25) is 4.57 Å². The number of fused-ring (bicyclic) bond motifs is 10. The number of rotatable bonds is 4. The molecule has 262 valence electrons. The van der Waals surface area contributed by atoms with Crippen LogP contribution < -0.4 is 0 Å². The second-order valence-electron chi connectivity index (χ2n) is 12.9. The van der Waals surface area contributed by atoms with Crippen LogP contribution in [-0.4, -0.2) is 23.3 Å². The van der Waals surface area contributed by atoms with Crippen molar-refractivity contribution >= 4 is 65.4 Å². The van der Waals surface area contributed by atoms with Crippen molar-refractivity contribution in [2.24, 2.45) is 0 Å². The number of pyridine rings is 1. The summed E-state index contributed by atoms with van der Waals surface area (Å²) in [4.78, 5) is 5.03. The van der Waals surface area contributed by atoms with E-state index >= 15 is 0 Å². The predicted octanol–water partition coefficient (Wildman–Crippen LogP) is 13.2. The molecule has 0 N–H and O–H groups in total. The normalized spacial score (nSPS) is 11.3. The van der Waals surface area contributed by atoms with Gasteiger partial charge in [-0.1, -0.05) is 113 Å². The highest BCUT2D eigenvalue weighted by Crippen LogP contribution is 2.40. The Balaban J connectivity index is 0.000000932. The van der Waals surface area contributed by atoms with E-state index in [-0.39, 0.29) is 0 Å². The molecule has 0 aliphatic carbocycles. The molecule has 11 aromatic rings. The van der Waals surface area contributed by atoms with Crippen molar-refractivity contribution in [2.45, 2.75) is 27.7 Å². The molecule has 0 unspecified atom stereocenters. The predicted molar refractivity (Wildman–Crippen MR) is 229 cm³/mol. The minimum absolute atomic E-state index is 0.880. The Morgan fingerprint density at radius 3 is 1.39 bits per heavy atom. The van der Waals surface area contributed by atoms with E-state index in [9.17, 15) is 0 Å². The molecule has 0 bridgehead atoms. The molecule has 0 aliphatic heterocycles. The van der Waals surface area contributed by atoms with Crippen LogP contribution in [0.1, 0.15) is 27.7 Å². The molecular formula is C49H41N5. The summed E-state index contributed by atoms with van der Waals surface area (Å²) in [5, 5.41) is 7.33. The maximum absolute atomic E-state index is 5.03. The lowest BCUT2D eigenvalue weighted by molar-refractivity contribution is 1.06.